The second kappa shape index (κ2) is 5.30. The van der Waals surface area contributed by atoms with Gasteiger partial charge in [0.05, 0.1) is 5.69 Å². The lowest BCUT2D eigenvalue weighted by Gasteiger charge is -2.29. The minimum atomic E-state index is -1.05. The summed E-state index contributed by atoms with van der Waals surface area (Å²) < 4.78 is 0. The molecule has 0 radical (unpaired) electrons. The van der Waals surface area contributed by atoms with Crippen LogP contribution < -0.4 is 5.32 Å². The number of carboxylic acid groups (broad SMARTS) is 1. The third-order valence-electron chi connectivity index (χ3n) is 2.90. The van der Waals surface area contributed by atoms with Crippen molar-refractivity contribution in [3.05, 3.63) is 24.0 Å². The molecular weight excluding hydrogens is 218 g/mol. The molecule has 2 N–H and O–H groups in total. The van der Waals surface area contributed by atoms with E-state index in [9.17, 15) is 9.90 Å². The average Bonchev–Trinajstić information content (AvgIpc) is 2.36. The van der Waals surface area contributed by atoms with Crippen LogP contribution in [0.4, 0.5) is 5.69 Å². The predicted octanol–water partition coefficient (Wildman–Crippen LogP) is 2.01. The molecular formula is C12H15N3O2. The number of aliphatic carboxylic acids is 1. The lowest BCUT2D eigenvalue weighted by atomic mass is 9.92. The van der Waals surface area contributed by atoms with Crippen molar-refractivity contribution >= 4 is 11.7 Å². The lowest BCUT2D eigenvalue weighted by molar-refractivity contribution is -0.142. The standard InChI is InChI=1S/C12H15N3O2/c1-3-12(4-2,11(16)17)15-9-6-5-7-14-10(9)8-13/h5-7,15H,3-4H2,1-2H3,(H,16,17). The number of hydrogen-bond acceptors (Lipinski definition) is 4. The SMILES string of the molecule is CCC(CC)(Nc1cccnc1C#N)C(=O)O. The van der Waals surface area contributed by atoms with E-state index in [4.69, 9.17) is 5.26 Å². The van der Waals surface area contributed by atoms with Crippen LogP contribution >= 0.6 is 0 Å². The summed E-state index contributed by atoms with van der Waals surface area (Å²) in [4.78, 5) is 15.2. The van der Waals surface area contributed by atoms with E-state index in [0.29, 0.717) is 18.5 Å². The van der Waals surface area contributed by atoms with Crippen molar-refractivity contribution in [1.82, 2.24) is 4.98 Å². The van der Waals surface area contributed by atoms with Crippen molar-refractivity contribution in [2.45, 2.75) is 32.2 Å². The molecule has 0 bridgehead atoms. The van der Waals surface area contributed by atoms with Gasteiger partial charge in [-0.05, 0) is 25.0 Å². The lowest BCUT2D eigenvalue weighted by Crippen LogP contribution is -2.45. The number of anilines is 1. The van der Waals surface area contributed by atoms with Crippen LogP contribution in [0.15, 0.2) is 18.3 Å². The first-order chi connectivity index (χ1) is 8.09. The van der Waals surface area contributed by atoms with Gasteiger partial charge in [-0.15, -0.1) is 0 Å². The molecule has 5 nitrogen and oxygen atoms in total. The minimum absolute atomic E-state index is 0.208. The van der Waals surface area contributed by atoms with Gasteiger partial charge in [-0.3, -0.25) is 0 Å². The number of aromatic nitrogens is 1. The molecule has 0 aliphatic heterocycles. The van der Waals surface area contributed by atoms with Crippen molar-refractivity contribution in [2.24, 2.45) is 0 Å². The maximum atomic E-state index is 11.3. The van der Waals surface area contributed by atoms with Crippen molar-refractivity contribution in [2.75, 3.05) is 5.32 Å². The number of nitriles is 1. The molecule has 0 atom stereocenters. The maximum Gasteiger partial charge on any atom is 0.329 e. The zero-order valence-corrected chi connectivity index (χ0v) is 9.90. The van der Waals surface area contributed by atoms with Gasteiger partial charge < -0.3 is 10.4 Å². The van der Waals surface area contributed by atoms with Crippen LogP contribution in [0.25, 0.3) is 0 Å². The predicted molar refractivity (Wildman–Crippen MR) is 63.5 cm³/mol. The van der Waals surface area contributed by atoms with Gasteiger partial charge in [0.2, 0.25) is 0 Å². The number of carbonyl (C=O) groups is 1. The fourth-order valence-corrected chi connectivity index (χ4v) is 1.64. The molecule has 0 saturated heterocycles. The topological polar surface area (TPSA) is 86.0 Å². The summed E-state index contributed by atoms with van der Waals surface area (Å²) >= 11 is 0. The Morgan fingerprint density at radius 2 is 2.24 bits per heavy atom. The van der Waals surface area contributed by atoms with Gasteiger partial charge in [-0.25, -0.2) is 9.78 Å². The fraction of sp³-hybridized carbons (Fsp3) is 0.417. The molecule has 1 aromatic rings. The Hall–Kier alpha value is -2.09. The van der Waals surface area contributed by atoms with Gasteiger partial charge in [-0.2, -0.15) is 5.26 Å². The molecule has 5 heteroatoms. The van der Waals surface area contributed by atoms with Gasteiger partial charge >= 0.3 is 5.97 Å². The number of nitrogens with zero attached hydrogens (tertiary/aromatic N) is 2. The number of hydrogen-bond donors (Lipinski definition) is 2. The Morgan fingerprint density at radius 3 is 2.71 bits per heavy atom. The monoisotopic (exact) mass is 233 g/mol. The molecule has 0 aromatic carbocycles. The molecule has 1 aromatic heterocycles. The average molecular weight is 233 g/mol. The summed E-state index contributed by atoms with van der Waals surface area (Å²) in [7, 11) is 0. The highest BCUT2D eigenvalue weighted by molar-refractivity contribution is 5.83. The van der Waals surface area contributed by atoms with Crippen LogP contribution in [0.1, 0.15) is 32.4 Å². The van der Waals surface area contributed by atoms with E-state index >= 15 is 0 Å². The number of pyridine rings is 1. The highest BCUT2D eigenvalue weighted by Gasteiger charge is 2.35. The second-order valence-corrected chi connectivity index (χ2v) is 3.73. The Bertz CT molecular complexity index is 447. The summed E-state index contributed by atoms with van der Waals surface area (Å²) in [6.45, 7) is 3.60. The van der Waals surface area contributed by atoms with E-state index in [1.54, 1.807) is 26.0 Å². The Morgan fingerprint density at radius 1 is 1.59 bits per heavy atom. The number of carboxylic acids is 1. The van der Waals surface area contributed by atoms with Crippen molar-refractivity contribution < 1.29 is 9.90 Å². The zero-order chi connectivity index (χ0) is 12.9. The van der Waals surface area contributed by atoms with Crippen LogP contribution in [0.5, 0.6) is 0 Å². The largest absolute Gasteiger partial charge is 0.480 e. The molecule has 1 heterocycles. The second-order valence-electron chi connectivity index (χ2n) is 3.73. The molecule has 0 aliphatic rings. The van der Waals surface area contributed by atoms with Crippen molar-refractivity contribution in [1.29, 1.82) is 5.26 Å². The molecule has 0 unspecified atom stereocenters. The molecule has 0 saturated carbocycles. The van der Waals surface area contributed by atoms with E-state index in [1.807, 2.05) is 6.07 Å². The molecule has 17 heavy (non-hydrogen) atoms. The summed E-state index contributed by atoms with van der Waals surface area (Å²) in [5.41, 5.74) is -0.379. The molecule has 0 spiro atoms. The maximum absolute atomic E-state index is 11.3. The van der Waals surface area contributed by atoms with Crippen LogP contribution in [0.2, 0.25) is 0 Å². The first-order valence-electron chi connectivity index (χ1n) is 5.46. The first kappa shape index (κ1) is 13.0. The molecule has 0 amide bonds. The van der Waals surface area contributed by atoms with Gasteiger partial charge in [-0.1, -0.05) is 13.8 Å². The molecule has 0 aliphatic carbocycles. The molecule has 1 rings (SSSR count). The molecule has 0 fully saturated rings. The summed E-state index contributed by atoms with van der Waals surface area (Å²) in [6.07, 6.45) is 2.36. The summed E-state index contributed by atoms with van der Waals surface area (Å²) in [5.74, 6) is -0.921. The van der Waals surface area contributed by atoms with Crippen LogP contribution in [0, 0.1) is 11.3 Å². The number of rotatable bonds is 5. The highest BCUT2D eigenvalue weighted by Crippen LogP contribution is 2.24. The zero-order valence-electron chi connectivity index (χ0n) is 9.90. The first-order valence-corrected chi connectivity index (χ1v) is 5.46. The smallest absolute Gasteiger partial charge is 0.329 e. The van der Waals surface area contributed by atoms with Gasteiger partial charge in [0.15, 0.2) is 5.69 Å². The van der Waals surface area contributed by atoms with E-state index in [0.717, 1.165) is 0 Å². The van der Waals surface area contributed by atoms with Gasteiger partial charge in [0.1, 0.15) is 11.6 Å². The fourth-order valence-electron chi connectivity index (χ4n) is 1.64. The van der Waals surface area contributed by atoms with E-state index < -0.39 is 11.5 Å². The quantitative estimate of drug-likeness (QED) is 0.812. The molecule has 90 valence electrons. The van der Waals surface area contributed by atoms with Crippen molar-refractivity contribution in [3.63, 3.8) is 0 Å². The van der Waals surface area contributed by atoms with E-state index in [-0.39, 0.29) is 5.69 Å². The Balaban J connectivity index is 3.11. The minimum Gasteiger partial charge on any atom is -0.480 e. The highest BCUT2D eigenvalue weighted by atomic mass is 16.4. The van der Waals surface area contributed by atoms with E-state index in [1.165, 1.54) is 6.20 Å². The van der Waals surface area contributed by atoms with Crippen LogP contribution in [-0.2, 0) is 4.79 Å². The van der Waals surface area contributed by atoms with Crippen molar-refractivity contribution in [3.8, 4) is 6.07 Å². The van der Waals surface area contributed by atoms with Crippen LogP contribution in [-0.4, -0.2) is 21.6 Å². The Labute approximate surface area is 100 Å². The Kier molecular flexibility index (Phi) is 4.05. The van der Waals surface area contributed by atoms with E-state index in [2.05, 4.69) is 10.3 Å². The van der Waals surface area contributed by atoms with Gasteiger partial charge in [0.25, 0.3) is 0 Å². The summed E-state index contributed by atoms with van der Waals surface area (Å²) in [5, 5.41) is 21.1. The van der Waals surface area contributed by atoms with Gasteiger partial charge in [0, 0.05) is 6.20 Å². The summed E-state index contributed by atoms with van der Waals surface area (Å²) in [6, 6.07) is 5.27. The number of nitrogens with one attached hydrogen (secondary N) is 1. The normalized spacial score (nSPS) is 10.6. The third kappa shape index (κ3) is 2.53. The third-order valence-corrected chi connectivity index (χ3v) is 2.90. The van der Waals surface area contributed by atoms with Crippen LogP contribution in [0.3, 0.4) is 0 Å².